The quantitative estimate of drug-likeness (QED) is 0.664. The van der Waals surface area contributed by atoms with Crippen LogP contribution < -0.4 is 5.32 Å². The maximum absolute atomic E-state index is 11.9. The van der Waals surface area contributed by atoms with Gasteiger partial charge < -0.3 is 14.7 Å². The highest BCUT2D eigenvalue weighted by atomic mass is 16.5. The van der Waals surface area contributed by atoms with E-state index in [4.69, 9.17) is 0 Å². The van der Waals surface area contributed by atoms with Gasteiger partial charge in [0.2, 0.25) is 6.39 Å². The Hall–Kier alpha value is -1.43. The van der Waals surface area contributed by atoms with E-state index in [1.165, 1.54) is 6.39 Å². The van der Waals surface area contributed by atoms with Crippen LogP contribution in [0, 0.1) is 11.8 Å². The van der Waals surface area contributed by atoms with E-state index in [1.807, 2.05) is 4.90 Å². The highest BCUT2D eigenvalue weighted by Gasteiger charge is 2.39. The van der Waals surface area contributed by atoms with Gasteiger partial charge in [-0.2, -0.15) is 4.98 Å². The van der Waals surface area contributed by atoms with Crippen LogP contribution in [0.5, 0.6) is 0 Å². The number of carbonyl (C=O) groups is 1. The number of amides is 1. The Labute approximate surface area is 86.6 Å². The third-order valence-corrected chi connectivity index (χ3v) is 3.23. The van der Waals surface area contributed by atoms with Gasteiger partial charge in [0.1, 0.15) is 0 Å². The van der Waals surface area contributed by atoms with E-state index < -0.39 is 0 Å². The normalized spacial score (nSPS) is 29.5. The van der Waals surface area contributed by atoms with Gasteiger partial charge in [-0.1, -0.05) is 5.16 Å². The molecule has 2 fully saturated rings. The fourth-order valence-electron chi connectivity index (χ4n) is 2.43. The second-order valence-corrected chi connectivity index (χ2v) is 4.14. The first-order valence-electron chi connectivity index (χ1n) is 5.11. The van der Waals surface area contributed by atoms with Crippen molar-refractivity contribution in [1.82, 2.24) is 20.4 Å². The van der Waals surface area contributed by atoms with Gasteiger partial charge in [0.25, 0.3) is 11.7 Å². The smallest absolute Gasteiger partial charge is 0.295 e. The first-order valence-corrected chi connectivity index (χ1v) is 5.11. The molecule has 80 valence electrons. The first kappa shape index (κ1) is 8.84. The minimum Gasteiger partial charge on any atom is -0.342 e. The average molecular weight is 208 g/mol. The summed E-state index contributed by atoms with van der Waals surface area (Å²) in [7, 11) is 0. The number of hydrogen-bond donors (Lipinski definition) is 1. The molecule has 2 atom stereocenters. The van der Waals surface area contributed by atoms with Crippen molar-refractivity contribution in [2.24, 2.45) is 11.8 Å². The molecule has 2 aliphatic heterocycles. The molecule has 0 spiro atoms. The van der Waals surface area contributed by atoms with Gasteiger partial charge in [0.15, 0.2) is 0 Å². The Morgan fingerprint density at radius 1 is 1.47 bits per heavy atom. The third kappa shape index (κ3) is 1.41. The van der Waals surface area contributed by atoms with Crippen molar-refractivity contribution in [3.63, 3.8) is 0 Å². The van der Waals surface area contributed by atoms with Crippen LogP contribution >= 0.6 is 0 Å². The number of aromatic nitrogens is 2. The van der Waals surface area contributed by atoms with Crippen molar-refractivity contribution in [1.29, 1.82) is 0 Å². The summed E-state index contributed by atoms with van der Waals surface area (Å²) in [6, 6.07) is 0. The largest absolute Gasteiger partial charge is 0.342 e. The van der Waals surface area contributed by atoms with Crippen molar-refractivity contribution >= 4 is 5.91 Å². The molecule has 0 aliphatic carbocycles. The monoisotopic (exact) mass is 208 g/mol. The van der Waals surface area contributed by atoms with Crippen molar-refractivity contribution in [2.45, 2.75) is 0 Å². The standard InChI is InChI=1S/C9H12N4O2/c14-9(8-11-5-15-12-8)13-3-6-1-10-2-7(6)4-13/h5-7,10H,1-4H2. The molecule has 2 saturated heterocycles. The van der Waals surface area contributed by atoms with Gasteiger partial charge in [-0.25, -0.2) is 0 Å². The van der Waals surface area contributed by atoms with Gasteiger partial charge in [0.05, 0.1) is 0 Å². The maximum atomic E-state index is 11.9. The van der Waals surface area contributed by atoms with Crippen LogP contribution in [0.25, 0.3) is 0 Å². The van der Waals surface area contributed by atoms with E-state index >= 15 is 0 Å². The zero-order valence-corrected chi connectivity index (χ0v) is 8.22. The van der Waals surface area contributed by atoms with Gasteiger partial charge >= 0.3 is 0 Å². The number of carbonyl (C=O) groups excluding carboxylic acids is 1. The Morgan fingerprint density at radius 2 is 2.20 bits per heavy atom. The van der Waals surface area contributed by atoms with Crippen LogP contribution in [-0.2, 0) is 0 Å². The maximum Gasteiger partial charge on any atom is 0.295 e. The van der Waals surface area contributed by atoms with Crippen LogP contribution in [0.1, 0.15) is 10.6 Å². The molecule has 6 heteroatoms. The van der Waals surface area contributed by atoms with Gasteiger partial charge in [-0.3, -0.25) is 4.79 Å². The fourth-order valence-corrected chi connectivity index (χ4v) is 2.43. The first-order chi connectivity index (χ1) is 7.34. The lowest BCUT2D eigenvalue weighted by molar-refractivity contribution is 0.0766. The van der Waals surface area contributed by atoms with Gasteiger partial charge in [-0.05, 0) is 11.8 Å². The Morgan fingerprint density at radius 3 is 2.80 bits per heavy atom. The highest BCUT2D eigenvalue weighted by molar-refractivity contribution is 5.90. The highest BCUT2D eigenvalue weighted by Crippen LogP contribution is 2.26. The van der Waals surface area contributed by atoms with Crippen LogP contribution in [0.15, 0.2) is 10.9 Å². The Balaban J connectivity index is 1.72. The van der Waals surface area contributed by atoms with E-state index in [0.29, 0.717) is 11.8 Å². The topological polar surface area (TPSA) is 71.3 Å². The van der Waals surface area contributed by atoms with E-state index in [0.717, 1.165) is 26.2 Å². The van der Waals surface area contributed by atoms with E-state index in [2.05, 4.69) is 20.0 Å². The molecular formula is C9H12N4O2. The van der Waals surface area contributed by atoms with E-state index in [1.54, 1.807) is 0 Å². The molecule has 0 saturated carbocycles. The number of nitrogens with zero attached hydrogens (tertiary/aromatic N) is 3. The summed E-state index contributed by atoms with van der Waals surface area (Å²) in [6.07, 6.45) is 1.19. The predicted molar refractivity (Wildman–Crippen MR) is 50.1 cm³/mol. The van der Waals surface area contributed by atoms with Crippen molar-refractivity contribution in [3.05, 3.63) is 12.2 Å². The molecule has 1 aromatic heterocycles. The van der Waals surface area contributed by atoms with E-state index in [9.17, 15) is 4.79 Å². The lowest BCUT2D eigenvalue weighted by Crippen LogP contribution is -2.32. The number of hydrogen-bond acceptors (Lipinski definition) is 5. The Bertz CT molecular complexity index is 352. The second-order valence-electron chi connectivity index (χ2n) is 4.14. The molecule has 0 bridgehead atoms. The van der Waals surface area contributed by atoms with Gasteiger partial charge in [0, 0.05) is 26.2 Å². The summed E-state index contributed by atoms with van der Waals surface area (Å²) >= 11 is 0. The number of fused-ring (bicyclic) bond motifs is 1. The van der Waals surface area contributed by atoms with Crippen LogP contribution in [0.3, 0.4) is 0 Å². The molecule has 1 N–H and O–H groups in total. The average Bonchev–Trinajstić information content (AvgIpc) is 2.92. The second kappa shape index (κ2) is 3.30. The minimum absolute atomic E-state index is 0.113. The number of rotatable bonds is 1. The summed E-state index contributed by atoms with van der Waals surface area (Å²) < 4.78 is 4.57. The Kier molecular flexibility index (Phi) is 1.95. The summed E-state index contributed by atoms with van der Waals surface area (Å²) in [6.45, 7) is 3.65. The zero-order valence-electron chi connectivity index (χ0n) is 8.22. The predicted octanol–water partition coefficient (Wildman–Crippen LogP) is -0.639. The third-order valence-electron chi connectivity index (χ3n) is 3.23. The summed E-state index contributed by atoms with van der Waals surface area (Å²) in [5.74, 6) is 1.25. The molecule has 1 aromatic rings. The van der Waals surface area contributed by atoms with Crippen LogP contribution in [0.2, 0.25) is 0 Å². The van der Waals surface area contributed by atoms with Crippen LogP contribution in [-0.4, -0.2) is 47.1 Å². The molecule has 0 aromatic carbocycles. The lowest BCUT2D eigenvalue weighted by Gasteiger charge is -2.14. The van der Waals surface area contributed by atoms with E-state index in [-0.39, 0.29) is 11.7 Å². The summed E-state index contributed by atoms with van der Waals surface area (Å²) in [4.78, 5) is 17.5. The molecule has 2 aliphatic rings. The minimum atomic E-state index is -0.113. The fraction of sp³-hybridized carbons (Fsp3) is 0.667. The molecule has 0 radical (unpaired) electrons. The number of nitrogens with one attached hydrogen (secondary N) is 1. The summed E-state index contributed by atoms with van der Waals surface area (Å²) in [5, 5.41) is 6.89. The van der Waals surface area contributed by atoms with Gasteiger partial charge in [-0.15, -0.1) is 0 Å². The molecule has 6 nitrogen and oxygen atoms in total. The molecule has 15 heavy (non-hydrogen) atoms. The number of likely N-dealkylation sites (tertiary alicyclic amines) is 1. The zero-order chi connectivity index (χ0) is 10.3. The molecule has 3 rings (SSSR count). The lowest BCUT2D eigenvalue weighted by atomic mass is 10.0. The molecular weight excluding hydrogens is 196 g/mol. The SMILES string of the molecule is O=C(c1ncon1)N1CC2CNCC2C1. The van der Waals surface area contributed by atoms with Crippen molar-refractivity contribution in [2.75, 3.05) is 26.2 Å². The molecule has 2 unspecified atom stereocenters. The molecule has 1 amide bonds. The van der Waals surface area contributed by atoms with Crippen molar-refractivity contribution < 1.29 is 9.32 Å². The van der Waals surface area contributed by atoms with Crippen molar-refractivity contribution in [3.8, 4) is 0 Å². The molecule has 3 heterocycles. The van der Waals surface area contributed by atoms with Crippen LogP contribution in [0.4, 0.5) is 0 Å². The summed E-state index contributed by atoms with van der Waals surface area (Å²) in [5.41, 5.74) is 0.